The Balaban J connectivity index is 4.00. The van der Waals surface area contributed by atoms with Crippen molar-refractivity contribution in [3.63, 3.8) is 0 Å². The van der Waals surface area contributed by atoms with Crippen molar-refractivity contribution in [2.45, 2.75) is 60.3 Å². The maximum atomic E-state index is 2.39. The van der Waals surface area contributed by atoms with E-state index in [1.54, 1.807) is 5.92 Å². The van der Waals surface area contributed by atoms with Crippen LogP contribution in [0, 0.1) is 11.3 Å². The van der Waals surface area contributed by atoms with Gasteiger partial charge in [-0.05, 0) is 17.8 Å². The van der Waals surface area contributed by atoms with Crippen LogP contribution in [0.5, 0.6) is 0 Å². The molecule has 1 radical (unpaired) electrons. The summed E-state index contributed by atoms with van der Waals surface area (Å²) in [6.07, 6.45) is 5.17. The molecule has 0 atom stereocenters. The molecule has 0 fully saturated rings. The molecule has 11 heavy (non-hydrogen) atoms. The number of hydrogen-bond donors (Lipinski definition) is 0. The maximum Gasteiger partial charge on any atom is -0.0213 e. The zero-order valence-corrected chi connectivity index (χ0v) is 8.83. The van der Waals surface area contributed by atoms with Gasteiger partial charge in [-0.3, -0.25) is 0 Å². The Morgan fingerprint density at radius 1 is 1.09 bits per heavy atom. The highest BCUT2D eigenvalue weighted by atomic mass is 14.3. The Morgan fingerprint density at radius 2 is 1.55 bits per heavy atom. The fourth-order valence-corrected chi connectivity index (χ4v) is 1.53. The average molecular weight is 155 g/mol. The van der Waals surface area contributed by atoms with Gasteiger partial charge >= 0.3 is 0 Å². The van der Waals surface area contributed by atoms with Crippen LogP contribution in [0.2, 0.25) is 0 Å². The van der Waals surface area contributed by atoms with Gasteiger partial charge in [-0.2, -0.15) is 0 Å². The summed E-state index contributed by atoms with van der Waals surface area (Å²) >= 11 is 0. The summed E-state index contributed by atoms with van der Waals surface area (Å²) in [5.41, 5.74) is 0.510. The first kappa shape index (κ1) is 11.0. The van der Waals surface area contributed by atoms with E-state index in [0.29, 0.717) is 5.41 Å². The second kappa shape index (κ2) is 4.79. The molecule has 0 aromatic heterocycles. The van der Waals surface area contributed by atoms with Crippen molar-refractivity contribution in [2.75, 3.05) is 0 Å². The molecule has 0 aliphatic carbocycles. The standard InChI is InChI=1S/C11H23/c1-6-9-10(4)11(5,7-2)8-3/h6-9H2,1-5H3. The second-order valence-corrected chi connectivity index (χ2v) is 3.80. The van der Waals surface area contributed by atoms with Gasteiger partial charge in [-0.25, -0.2) is 0 Å². The zero-order valence-electron chi connectivity index (χ0n) is 8.83. The van der Waals surface area contributed by atoms with Crippen molar-refractivity contribution in [2.24, 2.45) is 5.41 Å². The predicted octanol–water partition coefficient (Wildman–Crippen LogP) is 4.21. The topological polar surface area (TPSA) is 0 Å². The zero-order chi connectivity index (χ0) is 8.91. The normalized spacial score (nSPS) is 12.5. The second-order valence-electron chi connectivity index (χ2n) is 3.80. The van der Waals surface area contributed by atoms with Crippen molar-refractivity contribution in [1.29, 1.82) is 0 Å². The van der Waals surface area contributed by atoms with Crippen LogP contribution < -0.4 is 0 Å². The van der Waals surface area contributed by atoms with Crippen molar-refractivity contribution < 1.29 is 0 Å². The average Bonchev–Trinajstić information content (AvgIpc) is 2.03. The van der Waals surface area contributed by atoms with E-state index in [2.05, 4.69) is 34.6 Å². The highest BCUT2D eigenvalue weighted by Gasteiger charge is 2.26. The summed E-state index contributed by atoms with van der Waals surface area (Å²) in [4.78, 5) is 0. The van der Waals surface area contributed by atoms with E-state index in [9.17, 15) is 0 Å². The van der Waals surface area contributed by atoms with E-state index < -0.39 is 0 Å². The minimum absolute atomic E-state index is 0.510. The summed E-state index contributed by atoms with van der Waals surface area (Å²) in [7, 11) is 0. The van der Waals surface area contributed by atoms with Crippen LogP contribution in [-0.2, 0) is 0 Å². The van der Waals surface area contributed by atoms with Crippen molar-refractivity contribution in [3.05, 3.63) is 5.92 Å². The fourth-order valence-electron chi connectivity index (χ4n) is 1.53. The van der Waals surface area contributed by atoms with E-state index in [1.807, 2.05) is 0 Å². The lowest BCUT2D eigenvalue weighted by molar-refractivity contribution is 0.302. The first-order chi connectivity index (χ1) is 5.10. The van der Waals surface area contributed by atoms with Gasteiger partial charge in [0.05, 0.1) is 0 Å². The number of rotatable bonds is 5. The van der Waals surface area contributed by atoms with E-state index in [0.717, 1.165) is 0 Å². The summed E-state index contributed by atoms with van der Waals surface area (Å²) in [6.45, 7) is 11.6. The molecule has 0 aromatic carbocycles. The Hall–Kier alpha value is 0. The van der Waals surface area contributed by atoms with Gasteiger partial charge in [0.25, 0.3) is 0 Å². The molecule has 0 unspecified atom stereocenters. The Morgan fingerprint density at radius 3 is 1.82 bits per heavy atom. The molecule has 0 spiro atoms. The highest BCUT2D eigenvalue weighted by molar-refractivity contribution is 4.99. The van der Waals surface area contributed by atoms with E-state index >= 15 is 0 Å². The Kier molecular flexibility index (Phi) is 4.79. The van der Waals surface area contributed by atoms with Gasteiger partial charge in [0, 0.05) is 0 Å². The molecule has 0 saturated carbocycles. The van der Waals surface area contributed by atoms with E-state index in [4.69, 9.17) is 0 Å². The molecule has 0 rings (SSSR count). The third-order valence-electron chi connectivity index (χ3n) is 3.22. The lowest BCUT2D eigenvalue weighted by Crippen LogP contribution is -2.21. The molecule has 0 amide bonds. The first-order valence-electron chi connectivity index (χ1n) is 4.93. The van der Waals surface area contributed by atoms with E-state index in [-0.39, 0.29) is 0 Å². The van der Waals surface area contributed by atoms with Crippen LogP contribution in [-0.4, -0.2) is 0 Å². The van der Waals surface area contributed by atoms with Gasteiger partial charge in [-0.15, -0.1) is 0 Å². The monoisotopic (exact) mass is 155 g/mol. The molecule has 0 heteroatoms. The lowest BCUT2D eigenvalue weighted by atomic mass is 9.72. The Bertz CT molecular complexity index is 90.2. The highest BCUT2D eigenvalue weighted by Crippen LogP contribution is 2.38. The summed E-state index contributed by atoms with van der Waals surface area (Å²) in [5, 5.41) is 0. The SMILES string of the molecule is CCC[C](C)C(C)(CC)CC. The van der Waals surface area contributed by atoms with Crippen LogP contribution >= 0.6 is 0 Å². The summed E-state index contributed by atoms with van der Waals surface area (Å²) in [6, 6.07) is 0. The van der Waals surface area contributed by atoms with E-state index in [1.165, 1.54) is 25.7 Å². The minimum Gasteiger partial charge on any atom is -0.0654 e. The van der Waals surface area contributed by atoms with Crippen LogP contribution in [0.25, 0.3) is 0 Å². The summed E-state index contributed by atoms with van der Waals surface area (Å²) in [5.74, 6) is 1.69. The quantitative estimate of drug-likeness (QED) is 0.558. The Labute approximate surface area is 72.4 Å². The third kappa shape index (κ3) is 2.84. The molecule has 67 valence electrons. The molecule has 0 saturated heterocycles. The van der Waals surface area contributed by atoms with Gasteiger partial charge < -0.3 is 0 Å². The van der Waals surface area contributed by atoms with Crippen LogP contribution in [0.4, 0.5) is 0 Å². The van der Waals surface area contributed by atoms with Crippen molar-refractivity contribution in [3.8, 4) is 0 Å². The van der Waals surface area contributed by atoms with Crippen molar-refractivity contribution >= 4 is 0 Å². The molecule has 0 heterocycles. The van der Waals surface area contributed by atoms with Gasteiger partial charge in [0.2, 0.25) is 0 Å². The molecule has 0 N–H and O–H groups in total. The maximum absolute atomic E-state index is 2.39. The molecule has 0 aromatic rings. The predicted molar refractivity (Wildman–Crippen MR) is 52.5 cm³/mol. The summed E-state index contributed by atoms with van der Waals surface area (Å²) < 4.78 is 0. The molecular weight excluding hydrogens is 132 g/mol. The minimum atomic E-state index is 0.510. The third-order valence-corrected chi connectivity index (χ3v) is 3.22. The van der Waals surface area contributed by atoms with Crippen molar-refractivity contribution in [1.82, 2.24) is 0 Å². The molecule has 0 nitrogen and oxygen atoms in total. The molecular formula is C11H23. The van der Waals surface area contributed by atoms with Gasteiger partial charge in [-0.1, -0.05) is 53.9 Å². The number of hydrogen-bond acceptors (Lipinski definition) is 0. The van der Waals surface area contributed by atoms with Crippen LogP contribution in [0.3, 0.4) is 0 Å². The fraction of sp³-hybridized carbons (Fsp3) is 0.909. The largest absolute Gasteiger partial charge is 0.0654 e. The molecule has 0 aliphatic rings. The van der Waals surface area contributed by atoms with Crippen LogP contribution in [0.1, 0.15) is 60.3 Å². The first-order valence-corrected chi connectivity index (χ1v) is 4.93. The van der Waals surface area contributed by atoms with Gasteiger partial charge in [0.15, 0.2) is 0 Å². The molecule has 0 aliphatic heterocycles. The lowest BCUT2D eigenvalue weighted by Gasteiger charge is -2.33. The van der Waals surface area contributed by atoms with Crippen LogP contribution in [0.15, 0.2) is 0 Å². The molecule has 0 bridgehead atoms. The van der Waals surface area contributed by atoms with Gasteiger partial charge in [0.1, 0.15) is 0 Å². The smallest absolute Gasteiger partial charge is 0.0213 e.